The maximum Gasteiger partial charge on any atom is 0.161 e. The zero-order valence-electron chi connectivity index (χ0n) is 65.3. The molecule has 9 aromatic carbocycles. The first-order chi connectivity index (χ1) is 51.9. The maximum atomic E-state index is 12.5. The van der Waals surface area contributed by atoms with Gasteiger partial charge < -0.3 is 19.1 Å². The van der Waals surface area contributed by atoms with Crippen molar-refractivity contribution in [1.82, 2.24) is 4.90 Å². The molecule has 0 atom stereocenters. The lowest BCUT2D eigenvalue weighted by atomic mass is 10.1. The van der Waals surface area contributed by atoms with Crippen molar-refractivity contribution in [1.29, 1.82) is 0 Å². The Labute approximate surface area is 662 Å². The van der Waals surface area contributed by atoms with E-state index in [4.69, 9.17) is 25.8 Å². The SMILES string of the molecule is C/C=C/C=C/c1ccc(OC)cc1.C/C=C/C=C/c1ccccc1.C/C=C/c1ccc(Br)cc1.C/C=C/c1ccc(F)cc1.C/C=C/c1ccc(OC)c(OC)c1.C/C=C/c1ccccc1.C/C=C/c1ccccc1Cl.CCCN1CCSCC1.CCCc1ccc(F)c(F)c1.CCCc1ccc(F)c(F)c1.F. The molecule has 1 fully saturated rings. The van der Waals surface area contributed by atoms with E-state index < -0.39 is 23.3 Å². The third kappa shape index (κ3) is 48.8. The molecule has 0 saturated carbocycles. The van der Waals surface area contributed by atoms with Gasteiger partial charge in [0.25, 0.3) is 0 Å². The van der Waals surface area contributed by atoms with Gasteiger partial charge in [-0.3, -0.25) is 4.70 Å². The van der Waals surface area contributed by atoms with E-state index in [0.29, 0.717) is 0 Å². The quantitative estimate of drug-likeness (QED) is 0.0631. The summed E-state index contributed by atoms with van der Waals surface area (Å²) in [6, 6.07) is 64.8. The maximum absolute atomic E-state index is 12.5. The van der Waals surface area contributed by atoms with Gasteiger partial charge in [-0.2, -0.15) is 11.8 Å². The first-order valence-corrected chi connectivity index (χ1v) is 38.4. The second-order valence-electron chi connectivity index (χ2n) is 23.1. The van der Waals surface area contributed by atoms with Gasteiger partial charge in [-0.15, -0.1) is 0 Å². The van der Waals surface area contributed by atoms with Crippen LogP contribution in [-0.4, -0.2) is 57.4 Å². The van der Waals surface area contributed by atoms with Crippen LogP contribution in [0.2, 0.25) is 5.02 Å². The monoisotopic (exact) mass is 1580 g/mol. The Hall–Kier alpha value is -9.30. The van der Waals surface area contributed by atoms with Crippen LogP contribution in [-0.2, 0) is 12.8 Å². The lowest BCUT2D eigenvalue weighted by Gasteiger charge is -2.25. The van der Waals surface area contributed by atoms with E-state index in [1.807, 2.05) is 263 Å². The topological polar surface area (TPSA) is 30.9 Å². The molecule has 0 N–H and O–H groups in total. The summed E-state index contributed by atoms with van der Waals surface area (Å²) in [4.78, 5) is 2.55. The largest absolute Gasteiger partial charge is 0.497 e. The molecule has 13 heteroatoms. The Morgan fingerprint density at radius 3 is 1.19 bits per heavy atom. The second kappa shape index (κ2) is 65.9. The molecule has 0 radical (unpaired) electrons. The van der Waals surface area contributed by atoms with Crippen LogP contribution in [0.4, 0.5) is 26.7 Å². The molecule has 0 aromatic heterocycles. The highest BCUT2D eigenvalue weighted by Gasteiger charge is 2.08. The number of rotatable bonds is 18. The Bertz CT molecular complexity index is 3890. The Morgan fingerprint density at radius 2 is 0.787 bits per heavy atom. The van der Waals surface area contributed by atoms with E-state index in [1.54, 1.807) is 45.6 Å². The minimum atomic E-state index is -0.773. The fraction of sp³-hybridized carbons (Fsp3) is 0.242. The molecule has 0 spiro atoms. The minimum absolute atomic E-state index is 0. The van der Waals surface area contributed by atoms with Crippen molar-refractivity contribution < 1.29 is 40.9 Å². The number of benzene rings is 9. The van der Waals surface area contributed by atoms with E-state index in [9.17, 15) is 22.0 Å². The van der Waals surface area contributed by atoms with Crippen molar-refractivity contribution in [3.63, 3.8) is 0 Å². The van der Waals surface area contributed by atoms with Gasteiger partial charge >= 0.3 is 0 Å². The van der Waals surface area contributed by atoms with Gasteiger partial charge in [-0.25, -0.2) is 22.0 Å². The average Bonchev–Trinajstić information content (AvgIpc) is 0.873. The van der Waals surface area contributed by atoms with E-state index >= 15 is 0 Å². The molecule has 108 heavy (non-hydrogen) atoms. The molecular weight excluding hydrogens is 1460 g/mol. The Morgan fingerprint density at radius 1 is 0.389 bits per heavy atom. The molecule has 10 rings (SSSR count). The van der Waals surface area contributed by atoms with Gasteiger partial charge in [0.2, 0.25) is 0 Å². The number of allylic oxidation sites excluding steroid dienone is 11. The predicted octanol–water partition coefficient (Wildman–Crippen LogP) is 29.2. The van der Waals surface area contributed by atoms with Crippen molar-refractivity contribution in [2.24, 2.45) is 0 Å². The highest BCUT2D eigenvalue weighted by atomic mass is 79.9. The number of hydrogen-bond donors (Lipinski definition) is 0. The third-order valence-corrected chi connectivity index (χ3v) is 16.2. The Balaban J connectivity index is 0.00000118. The summed E-state index contributed by atoms with van der Waals surface area (Å²) in [5.74, 6) is 1.87. The third-order valence-electron chi connectivity index (χ3n) is 14.4. The molecule has 9 aromatic rings. The van der Waals surface area contributed by atoms with Crippen LogP contribution >= 0.6 is 39.3 Å². The molecule has 0 unspecified atom stereocenters. The Kier molecular flexibility index (Phi) is 60.3. The first kappa shape index (κ1) is 98.7. The first-order valence-electron chi connectivity index (χ1n) is 36.1. The lowest BCUT2D eigenvalue weighted by molar-refractivity contribution is 0.303. The number of nitrogens with zero attached hydrogens (tertiary/aromatic N) is 1. The molecule has 578 valence electrons. The van der Waals surface area contributed by atoms with Crippen molar-refractivity contribution in [2.45, 2.75) is 101 Å². The molecule has 0 bridgehead atoms. The van der Waals surface area contributed by atoms with Crippen LogP contribution in [0.15, 0.2) is 284 Å². The van der Waals surface area contributed by atoms with Crippen molar-refractivity contribution in [2.75, 3.05) is 52.5 Å². The van der Waals surface area contributed by atoms with Gasteiger partial charge in [0.15, 0.2) is 34.8 Å². The van der Waals surface area contributed by atoms with E-state index in [0.717, 1.165) is 80.2 Å². The van der Waals surface area contributed by atoms with Crippen LogP contribution in [0.5, 0.6) is 17.2 Å². The highest BCUT2D eigenvalue weighted by molar-refractivity contribution is 9.10. The summed E-state index contributed by atoms with van der Waals surface area (Å²) >= 11 is 11.3. The average molecular weight is 1580 g/mol. The fourth-order valence-corrected chi connectivity index (χ4v) is 10.6. The zero-order chi connectivity index (χ0) is 78.9. The van der Waals surface area contributed by atoms with E-state index in [2.05, 4.69) is 100 Å². The summed E-state index contributed by atoms with van der Waals surface area (Å²) in [6.45, 7) is 24.1. The normalized spacial score (nSPS) is 11.5. The van der Waals surface area contributed by atoms with Crippen LogP contribution in [0, 0.1) is 29.1 Å². The lowest BCUT2D eigenvalue weighted by Crippen LogP contribution is -2.32. The molecule has 0 amide bonds. The molecule has 1 aliphatic heterocycles. The zero-order valence-corrected chi connectivity index (χ0v) is 68.5. The van der Waals surface area contributed by atoms with Crippen molar-refractivity contribution in [3.05, 3.63) is 368 Å². The van der Waals surface area contributed by atoms with Crippen LogP contribution in [0.25, 0.3) is 42.5 Å². The summed E-state index contributed by atoms with van der Waals surface area (Å²) in [5, 5.41) is 0.806. The summed E-state index contributed by atoms with van der Waals surface area (Å²) in [6.07, 6.45) is 41.1. The molecular formula is C95H113BrClF6NO3S. The smallest absolute Gasteiger partial charge is 0.161 e. The minimum Gasteiger partial charge on any atom is -0.497 e. The van der Waals surface area contributed by atoms with E-state index in [-0.39, 0.29) is 10.5 Å². The number of thioether (sulfide) groups is 1. The molecule has 0 aliphatic carbocycles. The van der Waals surface area contributed by atoms with Crippen LogP contribution in [0.3, 0.4) is 0 Å². The van der Waals surface area contributed by atoms with Crippen molar-refractivity contribution >= 4 is 81.8 Å². The molecule has 1 heterocycles. The molecule has 1 aliphatic rings. The van der Waals surface area contributed by atoms with Crippen LogP contribution < -0.4 is 14.2 Å². The van der Waals surface area contributed by atoms with Crippen molar-refractivity contribution in [3.8, 4) is 17.2 Å². The second-order valence-corrected chi connectivity index (χ2v) is 25.6. The van der Waals surface area contributed by atoms with E-state index in [1.165, 1.54) is 96.2 Å². The number of methoxy groups -OCH3 is 3. The predicted molar refractivity (Wildman–Crippen MR) is 466 cm³/mol. The fourth-order valence-electron chi connectivity index (χ4n) is 9.17. The number of ether oxygens (including phenoxy) is 3. The molecule has 1 saturated heterocycles. The summed E-state index contributed by atoms with van der Waals surface area (Å²) < 4.78 is 78.6. The van der Waals surface area contributed by atoms with Gasteiger partial charge in [0.05, 0.1) is 21.3 Å². The highest BCUT2D eigenvalue weighted by Crippen LogP contribution is 2.28. The number of hydrogen-bond acceptors (Lipinski definition) is 5. The van der Waals surface area contributed by atoms with Gasteiger partial charge in [-0.05, 0) is 203 Å². The van der Waals surface area contributed by atoms with Crippen LogP contribution in [0.1, 0.15) is 139 Å². The summed E-state index contributed by atoms with van der Waals surface area (Å²) in [5.41, 5.74) is 9.85. The number of aryl methyl sites for hydroxylation is 2. The van der Waals surface area contributed by atoms with Gasteiger partial charge in [0, 0.05) is 34.1 Å². The molecule has 4 nitrogen and oxygen atoms in total. The van der Waals surface area contributed by atoms with Gasteiger partial charge in [-0.1, -0.05) is 304 Å². The van der Waals surface area contributed by atoms with Gasteiger partial charge in [0.1, 0.15) is 11.6 Å². The summed E-state index contributed by atoms with van der Waals surface area (Å²) in [7, 11) is 4.94. The standard InChI is InChI=1S/C12H14O.C11H14O2.C11H12.C9H9Br.C9H9Cl.2C9H10F2.C9H9F.C9H10.C7H15NS.FH/c1-3-4-5-6-11-7-9-12(13-2)10-8-11;1-4-5-9-6-7-10(12-2)11(8-9)13-3;1-2-3-5-8-11-9-6-4-7-10-11;1-2-3-8-4-6-9(10)7-5-8;1-2-5-8-6-3-4-7-9(8)10;2*1-2-3-7-4-5-8(10)9(11)6-7;1-2-3-8-4-6-9(10)7-5-8;1-2-6-9-7-4-3-5-8-9;1-2-3-8-4-6-9-7-5-8;/h3-10H,1-2H3;4-8H,1-3H3;2-10H,1H3;2*2-7H,1H3;2*4-6H,2-3H2,1H3;2-7H,1H3;2-8H,1H3;2-7H2,1H3;1H/b4-3+,6-5+;5-4+;3-2+,8-5+;3-2+;5-2+;;;3-2+;6-2+;;. The number of halogens is 8.